The van der Waals surface area contributed by atoms with Crippen LogP contribution in [0.15, 0.2) is 30.3 Å². The van der Waals surface area contributed by atoms with Crippen molar-refractivity contribution in [3.05, 3.63) is 35.9 Å². The SMILES string of the molecule is O=C(CCCOCCc1ccccc1)NC1(C(=O)O)CCSCC1. The molecule has 132 valence electrons. The summed E-state index contributed by atoms with van der Waals surface area (Å²) in [5, 5.41) is 12.2. The van der Waals surface area contributed by atoms with E-state index in [-0.39, 0.29) is 5.91 Å². The van der Waals surface area contributed by atoms with Crippen molar-refractivity contribution in [3.63, 3.8) is 0 Å². The van der Waals surface area contributed by atoms with Crippen LogP contribution in [0.4, 0.5) is 0 Å². The normalized spacial score (nSPS) is 16.5. The smallest absolute Gasteiger partial charge is 0.329 e. The highest BCUT2D eigenvalue weighted by Gasteiger charge is 2.40. The molecule has 6 heteroatoms. The number of aliphatic carboxylic acids is 1. The molecule has 5 nitrogen and oxygen atoms in total. The Labute approximate surface area is 147 Å². The quantitative estimate of drug-likeness (QED) is 0.669. The standard InChI is InChI=1S/C18H25NO4S/c20-16(19-18(17(21)22)9-13-24-14-10-18)7-4-11-23-12-8-15-5-2-1-3-6-15/h1-3,5-6H,4,7-14H2,(H,19,20)(H,21,22). The minimum atomic E-state index is -1.07. The van der Waals surface area contributed by atoms with E-state index in [9.17, 15) is 14.7 Å². The Balaban J connectivity index is 1.61. The van der Waals surface area contributed by atoms with Crippen molar-refractivity contribution in [2.24, 2.45) is 0 Å². The second-order valence-corrected chi connectivity index (χ2v) is 7.22. The molecule has 24 heavy (non-hydrogen) atoms. The summed E-state index contributed by atoms with van der Waals surface area (Å²) in [6.45, 7) is 1.14. The number of carbonyl (C=O) groups is 2. The molecule has 1 fully saturated rings. The van der Waals surface area contributed by atoms with E-state index in [0.29, 0.717) is 38.9 Å². The van der Waals surface area contributed by atoms with Gasteiger partial charge < -0.3 is 15.2 Å². The molecule has 1 aromatic rings. The number of nitrogens with one attached hydrogen (secondary N) is 1. The summed E-state index contributed by atoms with van der Waals surface area (Å²) in [5.41, 5.74) is 0.157. The van der Waals surface area contributed by atoms with E-state index in [4.69, 9.17) is 4.74 Å². The third-order valence-electron chi connectivity index (χ3n) is 4.20. The van der Waals surface area contributed by atoms with Gasteiger partial charge in [-0.05, 0) is 42.8 Å². The summed E-state index contributed by atoms with van der Waals surface area (Å²) in [7, 11) is 0. The van der Waals surface area contributed by atoms with Gasteiger partial charge in [-0.3, -0.25) is 4.79 Å². The lowest BCUT2D eigenvalue weighted by atomic mass is 9.92. The van der Waals surface area contributed by atoms with Gasteiger partial charge in [0.15, 0.2) is 0 Å². The Morgan fingerprint density at radius 2 is 1.88 bits per heavy atom. The van der Waals surface area contributed by atoms with Crippen molar-refractivity contribution < 1.29 is 19.4 Å². The summed E-state index contributed by atoms with van der Waals surface area (Å²) >= 11 is 1.73. The van der Waals surface area contributed by atoms with Gasteiger partial charge in [0.2, 0.25) is 5.91 Å². The van der Waals surface area contributed by atoms with Gasteiger partial charge in [0, 0.05) is 13.0 Å². The lowest BCUT2D eigenvalue weighted by Crippen LogP contribution is -2.56. The van der Waals surface area contributed by atoms with Crippen molar-refractivity contribution in [2.75, 3.05) is 24.7 Å². The largest absolute Gasteiger partial charge is 0.480 e. The zero-order valence-electron chi connectivity index (χ0n) is 13.8. The monoisotopic (exact) mass is 351 g/mol. The molecule has 2 N–H and O–H groups in total. The fourth-order valence-corrected chi connectivity index (χ4v) is 3.90. The van der Waals surface area contributed by atoms with Gasteiger partial charge in [0.25, 0.3) is 0 Å². The first kappa shape index (κ1) is 18.8. The minimum Gasteiger partial charge on any atom is -0.480 e. The summed E-state index contributed by atoms with van der Waals surface area (Å²) < 4.78 is 5.55. The maximum absolute atomic E-state index is 12.0. The van der Waals surface area contributed by atoms with Crippen molar-refractivity contribution in [2.45, 2.75) is 37.6 Å². The molecule has 1 aliphatic rings. The molecular formula is C18H25NO4S. The number of carboxylic acids is 1. The zero-order valence-corrected chi connectivity index (χ0v) is 14.6. The molecule has 0 unspecified atom stereocenters. The number of benzene rings is 1. The van der Waals surface area contributed by atoms with Crippen LogP contribution in [-0.2, 0) is 20.7 Å². The maximum Gasteiger partial charge on any atom is 0.329 e. The molecule has 0 atom stereocenters. The maximum atomic E-state index is 12.0. The second-order valence-electron chi connectivity index (χ2n) is 6.00. The Bertz CT molecular complexity index is 529. The van der Waals surface area contributed by atoms with Gasteiger partial charge in [-0.25, -0.2) is 4.79 Å². The van der Waals surface area contributed by atoms with E-state index in [0.717, 1.165) is 17.9 Å². The van der Waals surface area contributed by atoms with Crippen LogP contribution >= 0.6 is 11.8 Å². The number of ether oxygens (including phenoxy) is 1. The Morgan fingerprint density at radius 3 is 2.54 bits per heavy atom. The molecule has 1 amide bonds. The van der Waals surface area contributed by atoms with Crippen LogP contribution in [0.25, 0.3) is 0 Å². The van der Waals surface area contributed by atoms with E-state index in [1.165, 1.54) is 5.56 Å². The number of hydrogen-bond acceptors (Lipinski definition) is 4. The van der Waals surface area contributed by atoms with E-state index in [1.54, 1.807) is 11.8 Å². The van der Waals surface area contributed by atoms with Gasteiger partial charge in [0.1, 0.15) is 5.54 Å². The van der Waals surface area contributed by atoms with Crippen LogP contribution in [0.2, 0.25) is 0 Å². The molecular weight excluding hydrogens is 326 g/mol. The number of amides is 1. The highest BCUT2D eigenvalue weighted by molar-refractivity contribution is 7.99. The van der Waals surface area contributed by atoms with Gasteiger partial charge in [-0.15, -0.1) is 0 Å². The van der Waals surface area contributed by atoms with Gasteiger partial charge in [-0.1, -0.05) is 30.3 Å². The Hall–Kier alpha value is -1.53. The fraction of sp³-hybridized carbons (Fsp3) is 0.556. The summed E-state index contributed by atoms with van der Waals surface area (Å²) in [6, 6.07) is 10.1. The third kappa shape index (κ3) is 5.83. The van der Waals surface area contributed by atoms with Crippen LogP contribution in [-0.4, -0.2) is 47.2 Å². The highest BCUT2D eigenvalue weighted by atomic mass is 32.2. The minimum absolute atomic E-state index is 0.198. The van der Waals surface area contributed by atoms with Crippen LogP contribution in [0.5, 0.6) is 0 Å². The molecule has 0 aliphatic carbocycles. The number of rotatable bonds is 9. The molecule has 0 aromatic heterocycles. The van der Waals surface area contributed by atoms with Crippen molar-refractivity contribution in [1.29, 1.82) is 0 Å². The molecule has 0 spiro atoms. The molecule has 0 saturated carbocycles. The first-order valence-electron chi connectivity index (χ1n) is 8.36. The van der Waals surface area contributed by atoms with E-state index in [2.05, 4.69) is 17.4 Å². The molecule has 0 bridgehead atoms. The average molecular weight is 351 g/mol. The predicted molar refractivity (Wildman–Crippen MR) is 95.3 cm³/mol. The van der Waals surface area contributed by atoms with E-state index < -0.39 is 11.5 Å². The number of thioether (sulfide) groups is 1. The third-order valence-corrected chi connectivity index (χ3v) is 5.19. The van der Waals surface area contributed by atoms with Crippen LogP contribution in [0.3, 0.4) is 0 Å². The Kier molecular flexibility index (Phi) is 7.59. The van der Waals surface area contributed by atoms with Crippen molar-refractivity contribution >= 4 is 23.6 Å². The topological polar surface area (TPSA) is 75.6 Å². The predicted octanol–water partition coefficient (Wildman–Crippen LogP) is 2.49. The molecule has 1 aromatic carbocycles. The second kappa shape index (κ2) is 9.69. The molecule has 1 saturated heterocycles. The van der Waals surface area contributed by atoms with Gasteiger partial charge >= 0.3 is 5.97 Å². The first-order chi connectivity index (χ1) is 11.6. The molecule has 2 rings (SSSR count). The van der Waals surface area contributed by atoms with Crippen LogP contribution in [0, 0.1) is 0 Å². The van der Waals surface area contributed by atoms with E-state index >= 15 is 0 Å². The average Bonchev–Trinajstić information content (AvgIpc) is 2.59. The molecule has 1 aliphatic heterocycles. The molecule has 0 radical (unpaired) electrons. The highest BCUT2D eigenvalue weighted by Crippen LogP contribution is 2.27. The van der Waals surface area contributed by atoms with Crippen LogP contribution < -0.4 is 5.32 Å². The lowest BCUT2D eigenvalue weighted by Gasteiger charge is -2.33. The summed E-state index contributed by atoms with van der Waals surface area (Å²) in [5.74, 6) is 0.427. The summed E-state index contributed by atoms with van der Waals surface area (Å²) in [6.07, 6.45) is 2.74. The lowest BCUT2D eigenvalue weighted by molar-refractivity contribution is -0.148. The summed E-state index contributed by atoms with van der Waals surface area (Å²) in [4.78, 5) is 23.6. The van der Waals surface area contributed by atoms with Crippen LogP contribution in [0.1, 0.15) is 31.2 Å². The fourth-order valence-electron chi connectivity index (χ4n) is 2.71. The van der Waals surface area contributed by atoms with Gasteiger partial charge in [0.05, 0.1) is 6.61 Å². The number of carboxylic acid groups (broad SMARTS) is 1. The first-order valence-corrected chi connectivity index (χ1v) is 9.52. The zero-order chi connectivity index (χ0) is 17.3. The van der Waals surface area contributed by atoms with Gasteiger partial charge in [-0.2, -0.15) is 11.8 Å². The number of carbonyl (C=O) groups excluding carboxylic acids is 1. The Morgan fingerprint density at radius 1 is 1.17 bits per heavy atom. The van der Waals surface area contributed by atoms with Crippen molar-refractivity contribution in [1.82, 2.24) is 5.32 Å². The number of hydrogen-bond donors (Lipinski definition) is 2. The molecule has 1 heterocycles. The van der Waals surface area contributed by atoms with Crippen molar-refractivity contribution in [3.8, 4) is 0 Å². The van der Waals surface area contributed by atoms with E-state index in [1.807, 2.05) is 18.2 Å².